The van der Waals surface area contributed by atoms with Gasteiger partial charge < -0.3 is 15.0 Å². The van der Waals surface area contributed by atoms with E-state index in [0.29, 0.717) is 19.0 Å². The molecule has 0 aliphatic rings. The molecule has 0 amide bonds. The molecule has 2 heterocycles. The number of nitriles is 1. The molecule has 0 aliphatic heterocycles. The second-order valence-electron chi connectivity index (χ2n) is 6.96. The summed E-state index contributed by atoms with van der Waals surface area (Å²) in [5.41, 5.74) is 2.68. The third-order valence-corrected chi connectivity index (χ3v) is 6.62. The molecule has 0 atom stereocenters. The Hall–Kier alpha value is -4.16. The van der Waals surface area contributed by atoms with E-state index in [2.05, 4.69) is 20.6 Å². The van der Waals surface area contributed by atoms with E-state index in [4.69, 9.17) is 5.26 Å². The summed E-state index contributed by atoms with van der Waals surface area (Å²) in [4.78, 5) is 8.53. The highest BCUT2D eigenvalue weighted by Gasteiger charge is 2.16. The summed E-state index contributed by atoms with van der Waals surface area (Å²) in [6.45, 7) is 0.837. The Morgan fingerprint density at radius 1 is 0.938 bits per heavy atom. The summed E-state index contributed by atoms with van der Waals surface area (Å²) in [6.07, 6.45) is 7.29. The van der Waals surface area contributed by atoms with E-state index in [9.17, 15) is 8.42 Å². The molecule has 9 heteroatoms. The fourth-order valence-corrected chi connectivity index (χ4v) is 4.43. The largest absolute Gasteiger partial charge is 0.351 e. The number of nitrogens with zero attached hydrogens (tertiary/aromatic N) is 4. The summed E-state index contributed by atoms with van der Waals surface area (Å²) in [5, 5.41) is 15.2. The van der Waals surface area contributed by atoms with Crippen molar-refractivity contribution in [1.82, 2.24) is 20.0 Å². The highest BCUT2D eigenvalue weighted by Crippen LogP contribution is 2.20. The normalized spacial score (nSPS) is 11.8. The molecule has 0 saturated carbocycles. The second kappa shape index (κ2) is 9.32. The van der Waals surface area contributed by atoms with Crippen LogP contribution < -0.4 is 10.6 Å². The standard InChI is InChI=1S/C23H20N6O2S/c24-17-28-23(27-16-19-10-12-29-13-11-25-22(29)14-19)26-15-18-6-8-21(9-7-18)32(30,31)20-4-2-1-3-5-20/h1-14H,15-16H2,(H2,26,27,28). The Kier molecular flexibility index (Phi) is 6.14. The first-order chi connectivity index (χ1) is 15.6. The summed E-state index contributed by atoms with van der Waals surface area (Å²) >= 11 is 0. The zero-order chi connectivity index (χ0) is 22.4. The fraction of sp³-hybridized carbons (Fsp3) is 0.0870. The number of aliphatic imine (C=N–C) groups is 1. The van der Waals surface area contributed by atoms with E-state index in [-0.39, 0.29) is 9.79 Å². The van der Waals surface area contributed by atoms with Crippen molar-refractivity contribution in [3.05, 3.63) is 96.4 Å². The Balaban J connectivity index is 1.38. The highest BCUT2D eigenvalue weighted by atomic mass is 32.2. The number of hydrogen-bond donors (Lipinski definition) is 2. The van der Waals surface area contributed by atoms with Gasteiger partial charge in [-0.05, 0) is 47.5 Å². The van der Waals surface area contributed by atoms with Gasteiger partial charge in [0.05, 0.1) is 9.79 Å². The maximum absolute atomic E-state index is 12.7. The first kappa shape index (κ1) is 21.1. The Morgan fingerprint density at radius 3 is 2.34 bits per heavy atom. The summed E-state index contributed by atoms with van der Waals surface area (Å²) in [6, 6.07) is 18.8. The van der Waals surface area contributed by atoms with Gasteiger partial charge in [-0.25, -0.2) is 13.4 Å². The van der Waals surface area contributed by atoms with Crippen molar-refractivity contribution in [2.75, 3.05) is 0 Å². The van der Waals surface area contributed by atoms with E-state index in [1.165, 1.54) is 0 Å². The summed E-state index contributed by atoms with van der Waals surface area (Å²) < 4.78 is 27.3. The number of aromatic nitrogens is 2. The van der Waals surface area contributed by atoms with Crippen LogP contribution in [0.1, 0.15) is 11.1 Å². The molecule has 2 N–H and O–H groups in total. The lowest BCUT2D eigenvalue weighted by Crippen LogP contribution is -2.36. The van der Waals surface area contributed by atoms with Gasteiger partial charge >= 0.3 is 0 Å². The third-order valence-electron chi connectivity index (χ3n) is 4.83. The maximum Gasteiger partial charge on any atom is 0.209 e. The quantitative estimate of drug-likeness (QED) is 0.269. The van der Waals surface area contributed by atoms with Crippen LogP contribution in [-0.2, 0) is 22.9 Å². The minimum atomic E-state index is -3.55. The SMILES string of the molecule is N#C/N=C(\NCc1ccc(S(=O)(=O)c2ccccc2)cc1)NCc1ccn2ccnc2c1. The van der Waals surface area contributed by atoms with E-state index in [0.717, 1.165) is 16.8 Å². The van der Waals surface area contributed by atoms with Crippen LogP contribution in [0, 0.1) is 11.5 Å². The van der Waals surface area contributed by atoms with Gasteiger partial charge in [-0.15, -0.1) is 4.99 Å². The van der Waals surface area contributed by atoms with Crippen molar-refractivity contribution < 1.29 is 8.42 Å². The van der Waals surface area contributed by atoms with Gasteiger partial charge in [-0.2, -0.15) is 5.26 Å². The number of imidazole rings is 1. The van der Waals surface area contributed by atoms with Crippen LogP contribution >= 0.6 is 0 Å². The molecule has 0 aliphatic carbocycles. The molecule has 0 spiro atoms. The molecule has 32 heavy (non-hydrogen) atoms. The van der Waals surface area contributed by atoms with Gasteiger partial charge in [0.1, 0.15) is 5.65 Å². The summed E-state index contributed by atoms with van der Waals surface area (Å²) in [5.74, 6) is 0.330. The van der Waals surface area contributed by atoms with Crippen LogP contribution in [0.15, 0.2) is 100 Å². The first-order valence-electron chi connectivity index (χ1n) is 9.81. The molecule has 0 radical (unpaired) electrons. The first-order valence-corrected chi connectivity index (χ1v) is 11.3. The van der Waals surface area contributed by atoms with Crippen LogP contribution in [0.5, 0.6) is 0 Å². The van der Waals surface area contributed by atoms with Gasteiger partial charge in [-0.3, -0.25) is 0 Å². The monoisotopic (exact) mass is 444 g/mol. The van der Waals surface area contributed by atoms with E-state index in [1.807, 2.05) is 28.9 Å². The predicted octanol–water partition coefficient (Wildman–Crippen LogP) is 2.88. The molecule has 4 aromatic rings. The molecule has 0 unspecified atom stereocenters. The minimum absolute atomic E-state index is 0.228. The van der Waals surface area contributed by atoms with E-state index >= 15 is 0 Å². The third kappa shape index (κ3) is 4.77. The number of nitrogens with one attached hydrogen (secondary N) is 2. The maximum atomic E-state index is 12.7. The van der Waals surface area contributed by atoms with Gasteiger partial charge in [0.15, 0.2) is 0 Å². The number of rotatable bonds is 6. The average Bonchev–Trinajstić information content (AvgIpc) is 3.30. The highest BCUT2D eigenvalue weighted by molar-refractivity contribution is 7.91. The van der Waals surface area contributed by atoms with Crippen molar-refractivity contribution in [2.45, 2.75) is 22.9 Å². The van der Waals surface area contributed by atoms with Crippen molar-refractivity contribution in [1.29, 1.82) is 5.26 Å². The smallest absolute Gasteiger partial charge is 0.209 e. The Labute approximate surface area is 185 Å². The minimum Gasteiger partial charge on any atom is -0.351 e. The topological polar surface area (TPSA) is 112 Å². The van der Waals surface area contributed by atoms with Crippen LogP contribution in [0.25, 0.3) is 5.65 Å². The van der Waals surface area contributed by atoms with Crippen molar-refractivity contribution >= 4 is 21.4 Å². The van der Waals surface area contributed by atoms with Gasteiger partial charge in [0.25, 0.3) is 0 Å². The van der Waals surface area contributed by atoms with Crippen LogP contribution in [-0.4, -0.2) is 23.8 Å². The second-order valence-corrected chi connectivity index (χ2v) is 8.91. The van der Waals surface area contributed by atoms with Crippen LogP contribution in [0.4, 0.5) is 0 Å². The molecular formula is C23H20N6O2S. The number of benzene rings is 2. The van der Waals surface area contributed by atoms with Gasteiger partial charge in [0.2, 0.25) is 22.0 Å². The van der Waals surface area contributed by atoms with Gasteiger partial charge in [-0.1, -0.05) is 30.3 Å². The number of fused-ring (bicyclic) bond motifs is 1. The molecule has 160 valence electrons. The Bertz CT molecular complexity index is 1390. The van der Waals surface area contributed by atoms with E-state index in [1.54, 1.807) is 67.0 Å². The number of guanidine groups is 1. The molecule has 2 aromatic heterocycles. The lowest BCUT2D eigenvalue weighted by Gasteiger charge is -2.12. The molecule has 0 saturated heterocycles. The predicted molar refractivity (Wildman–Crippen MR) is 120 cm³/mol. The lowest BCUT2D eigenvalue weighted by atomic mass is 10.2. The van der Waals surface area contributed by atoms with Crippen LogP contribution in [0.3, 0.4) is 0 Å². The molecule has 2 aromatic carbocycles. The molecular weight excluding hydrogens is 424 g/mol. The molecule has 4 rings (SSSR count). The van der Waals surface area contributed by atoms with Crippen molar-refractivity contribution in [3.63, 3.8) is 0 Å². The van der Waals surface area contributed by atoms with Crippen molar-refractivity contribution in [2.24, 2.45) is 4.99 Å². The lowest BCUT2D eigenvalue weighted by molar-refractivity contribution is 0.596. The molecule has 8 nitrogen and oxygen atoms in total. The summed E-state index contributed by atoms with van der Waals surface area (Å²) in [7, 11) is -3.55. The molecule has 0 fully saturated rings. The van der Waals surface area contributed by atoms with Crippen molar-refractivity contribution in [3.8, 4) is 6.19 Å². The fourth-order valence-electron chi connectivity index (χ4n) is 3.15. The Morgan fingerprint density at radius 2 is 1.62 bits per heavy atom. The molecule has 0 bridgehead atoms. The zero-order valence-electron chi connectivity index (χ0n) is 17.0. The van der Waals surface area contributed by atoms with Crippen LogP contribution in [0.2, 0.25) is 0 Å². The number of hydrogen-bond acceptors (Lipinski definition) is 5. The zero-order valence-corrected chi connectivity index (χ0v) is 17.8. The number of pyridine rings is 1. The van der Waals surface area contributed by atoms with E-state index < -0.39 is 9.84 Å². The number of sulfone groups is 1. The van der Waals surface area contributed by atoms with Gasteiger partial charge in [0, 0.05) is 31.7 Å². The average molecular weight is 445 g/mol.